The number of rotatable bonds is 3. The monoisotopic (exact) mass is 269 g/mol. The Labute approximate surface area is 109 Å². The van der Waals surface area contributed by atoms with Gasteiger partial charge in [-0.25, -0.2) is 0 Å². The van der Waals surface area contributed by atoms with Crippen molar-refractivity contribution in [2.75, 3.05) is 6.54 Å². The molecule has 0 fully saturated rings. The lowest BCUT2D eigenvalue weighted by molar-refractivity contribution is -0.136. The summed E-state index contributed by atoms with van der Waals surface area (Å²) in [7, 11) is 0. The first-order valence-corrected chi connectivity index (χ1v) is 5.81. The van der Waals surface area contributed by atoms with Crippen molar-refractivity contribution >= 4 is 35.0 Å². The molecule has 0 aromatic heterocycles. The molecule has 0 bridgehead atoms. The van der Waals surface area contributed by atoms with Crippen LogP contribution in [0.3, 0.4) is 0 Å². The number of imide groups is 1. The van der Waals surface area contributed by atoms with Gasteiger partial charge in [-0.1, -0.05) is 29.3 Å². The second kappa shape index (κ2) is 4.90. The SMILES string of the molecule is O=C1C=CC(=O)N1CCc1ccc(Cl)c(Cl)c1. The van der Waals surface area contributed by atoms with E-state index in [1.165, 1.54) is 17.1 Å². The van der Waals surface area contributed by atoms with Gasteiger partial charge in [0, 0.05) is 18.7 Å². The van der Waals surface area contributed by atoms with Gasteiger partial charge in [0.1, 0.15) is 0 Å². The van der Waals surface area contributed by atoms with Gasteiger partial charge < -0.3 is 0 Å². The largest absolute Gasteiger partial charge is 0.275 e. The molecule has 0 saturated heterocycles. The molecule has 0 atom stereocenters. The van der Waals surface area contributed by atoms with Crippen LogP contribution < -0.4 is 0 Å². The van der Waals surface area contributed by atoms with Crippen LogP contribution >= 0.6 is 23.2 Å². The molecule has 17 heavy (non-hydrogen) atoms. The average Bonchev–Trinajstić information content (AvgIpc) is 2.61. The smallest absolute Gasteiger partial charge is 0.253 e. The molecule has 1 aromatic carbocycles. The molecule has 2 rings (SSSR count). The molecule has 1 aromatic rings. The van der Waals surface area contributed by atoms with Gasteiger partial charge in [0.2, 0.25) is 0 Å². The van der Waals surface area contributed by atoms with Gasteiger partial charge in [-0.05, 0) is 24.1 Å². The van der Waals surface area contributed by atoms with E-state index in [0.29, 0.717) is 23.0 Å². The first kappa shape index (κ1) is 12.1. The van der Waals surface area contributed by atoms with Gasteiger partial charge in [0.25, 0.3) is 11.8 Å². The molecule has 2 amide bonds. The Morgan fingerprint density at radius 2 is 1.65 bits per heavy atom. The van der Waals surface area contributed by atoms with E-state index in [4.69, 9.17) is 23.2 Å². The maximum Gasteiger partial charge on any atom is 0.253 e. The van der Waals surface area contributed by atoms with E-state index >= 15 is 0 Å². The van der Waals surface area contributed by atoms with Crippen molar-refractivity contribution in [1.29, 1.82) is 0 Å². The average molecular weight is 270 g/mol. The summed E-state index contributed by atoms with van der Waals surface area (Å²) in [6.07, 6.45) is 3.12. The van der Waals surface area contributed by atoms with Crippen LogP contribution in [0.2, 0.25) is 10.0 Å². The number of amides is 2. The fourth-order valence-electron chi connectivity index (χ4n) is 1.59. The Balaban J connectivity index is 2.01. The molecule has 0 N–H and O–H groups in total. The minimum absolute atomic E-state index is 0.268. The van der Waals surface area contributed by atoms with E-state index in [2.05, 4.69) is 0 Å². The minimum Gasteiger partial charge on any atom is -0.275 e. The molecular formula is C12H9Cl2NO2. The van der Waals surface area contributed by atoms with Gasteiger partial charge in [0.05, 0.1) is 10.0 Å². The van der Waals surface area contributed by atoms with E-state index < -0.39 is 0 Å². The number of halogens is 2. The first-order valence-electron chi connectivity index (χ1n) is 5.05. The van der Waals surface area contributed by atoms with Crippen LogP contribution in [0.5, 0.6) is 0 Å². The van der Waals surface area contributed by atoms with Crippen LogP contribution in [-0.4, -0.2) is 23.3 Å². The standard InChI is InChI=1S/C12H9Cl2NO2/c13-9-2-1-8(7-10(9)14)5-6-15-11(16)3-4-12(15)17/h1-4,7H,5-6H2. The second-order valence-electron chi connectivity index (χ2n) is 3.66. The normalized spacial score (nSPS) is 14.8. The van der Waals surface area contributed by atoms with E-state index in [1.54, 1.807) is 12.1 Å². The number of nitrogens with zero attached hydrogens (tertiary/aromatic N) is 1. The number of benzene rings is 1. The summed E-state index contributed by atoms with van der Waals surface area (Å²) in [5.41, 5.74) is 0.937. The third-order valence-corrected chi connectivity index (χ3v) is 3.25. The number of carbonyl (C=O) groups excluding carboxylic acids is 2. The second-order valence-corrected chi connectivity index (χ2v) is 4.47. The summed E-state index contributed by atoms with van der Waals surface area (Å²) in [4.78, 5) is 23.8. The quantitative estimate of drug-likeness (QED) is 0.791. The Bertz CT molecular complexity index is 493. The molecule has 0 spiro atoms. The maximum atomic E-state index is 11.3. The minimum atomic E-state index is -0.268. The van der Waals surface area contributed by atoms with Crippen LogP contribution in [0.15, 0.2) is 30.4 Å². The molecule has 0 unspecified atom stereocenters. The maximum absolute atomic E-state index is 11.3. The fraction of sp³-hybridized carbons (Fsp3) is 0.167. The highest BCUT2D eigenvalue weighted by Gasteiger charge is 2.22. The summed E-state index contributed by atoms with van der Waals surface area (Å²) < 4.78 is 0. The lowest BCUT2D eigenvalue weighted by atomic mass is 10.1. The molecule has 5 heteroatoms. The highest BCUT2D eigenvalue weighted by molar-refractivity contribution is 6.42. The molecule has 88 valence electrons. The zero-order valence-corrected chi connectivity index (χ0v) is 10.3. The van der Waals surface area contributed by atoms with Gasteiger partial charge in [0.15, 0.2) is 0 Å². The van der Waals surface area contributed by atoms with Gasteiger partial charge in [-0.15, -0.1) is 0 Å². The van der Waals surface area contributed by atoms with Gasteiger partial charge >= 0.3 is 0 Å². The van der Waals surface area contributed by atoms with Crippen LogP contribution in [0.25, 0.3) is 0 Å². The predicted molar refractivity (Wildman–Crippen MR) is 66.0 cm³/mol. The third-order valence-electron chi connectivity index (χ3n) is 2.51. The molecule has 3 nitrogen and oxygen atoms in total. The highest BCUT2D eigenvalue weighted by atomic mass is 35.5. The lowest BCUT2D eigenvalue weighted by Gasteiger charge is -2.13. The molecule has 0 saturated carbocycles. The lowest BCUT2D eigenvalue weighted by Crippen LogP contribution is -2.31. The van der Waals surface area contributed by atoms with Gasteiger partial charge in [-0.2, -0.15) is 0 Å². The van der Waals surface area contributed by atoms with Crippen molar-refractivity contribution in [3.63, 3.8) is 0 Å². The van der Waals surface area contributed by atoms with Crippen LogP contribution in [-0.2, 0) is 16.0 Å². The van der Waals surface area contributed by atoms with Crippen molar-refractivity contribution in [1.82, 2.24) is 4.90 Å². The number of hydrogen-bond acceptors (Lipinski definition) is 2. The zero-order valence-electron chi connectivity index (χ0n) is 8.82. The topological polar surface area (TPSA) is 37.4 Å². The van der Waals surface area contributed by atoms with Crippen molar-refractivity contribution in [3.8, 4) is 0 Å². The van der Waals surface area contributed by atoms with Gasteiger partial charge in [-0.3, -0.25) is 14.5 Å². The summed E-state index contributed by atoms with van der Waals surface area (Å²) in [5.74, 6) is -0.537. The van der Waals surface area contributed by atoms with Crippen molar-refractivity contribution in [2.45, 2.75) is 6.42 Å². The van der Waals surface area contributed by atoms with Crippen LogP contribution in [0.4, 0.5) is 0 Å². The summed E-state index contributed by atoms with van der Waals surface area (Å²) in [5, 5.41) is 0.965. The molecular weight excluding hydrogens is 261 g/mol. The summed E-state index contributed by atoms with van der Waals surface area (Å²) in [6.45, 7) is 0.350. The molecule has 1 aliphatic rings. The molecule has 0 aliphatic carbocycles. The summed E-state index contributed by atoms with van der Waals surface area (Å²) >= 11 is 11.7. The van der Waals surface area contributed by atoms with Crippen molar-refractivity contribution in [3.05, 3.63) is 46.0 Å². The van der Waals surface area contributed by atoms with E-state index in [1.807, 2.05) is 6.07 Å². The van der Waals surface area contributed by atoms with E-state index in [9.17, 15) is 9.59 Å². The van der Waals surface area contributed by atoms with E-state index in [-0.39, 0.29) is 11.8 Å². The van der Waals surface area contributed by atoms with E-state index in [0.717, 1.165) is 5.56 Å². The summed E-state index contributed by atoms with van der Waals surface area (Å²) in [6, 6.07) is 5.26. The Morgan fingerprint density at radius 1 is 1.00 bits per heavy atom. The van der Waals surface area contributed by atoms with Crippen LogP contribution in [0, 0.1) is 0 Å². The van der Waals surface area contributed by atoms with Crippen molar-refractivity contribution < 1.29 is 9.59 Å². The number of carbonyl (C=O) groups is 2. The van der Waals surface area contributed by atoms with Crippen molar-refractivity contribution in [2.24, 2.45) is 0 Å². The predicted octanol–water partition coefficient (Wildman–Crippen LogP) is 2.46. The molecule has 1 aliphatic heterocycles. The Kier molecular flexibility index (Phi) is 3.50. The first-order chi connectivity index (χ1) is 8.08. The Morgan fingerprint density at radius 3 is 2.24 bits per heavy atom. The molecule has 0 radical (unpaired) electrons. The van der Waals surface area contributed by atoms with Crippen LogP contribution in [0.1, 0.15) is 5.56 Å². The fourth-order valence-corrected chi connectivity index (χ4v) is 1.91. The molecule has 1 heterocycles. The zero-order chi connectivity index (χ0) is 12.4. The number of hydrogen-bond donors (Lipinski definition) is 0. The highest BCUT2D eigenvalue weighted by Crippen LogP contribution is 2.23. The Hall–Kier alpha value is -1.32. The third kappa shape index (κ3) is 2.68.